The van der Waals surface area contributed by atoms with Gasteiger partial charge in [-0.25, -0.2) is 0 Å². The summed E-state index contributed by atoms with van der Waals surface area (Å²) in [6.45, 7) is 4.99. The SMILES string of the molecule is CCCCCCCCCCCOCC(COP(=O)([O-])OCC[N+](C)(C)C)OC(=O)CCC. The highest BCUT2D eigenvalue weighted by molar-refractivity contribution is 7.45. The summed E-state index contributed by atoms with van der Waals surface area (Å²) in [6, 6.07) is 0. The maximum atomic E-state index is 12.0. The van der Waals surface area contributed by atoms with E-state index in [1.165, 1.54) is 44.9 Å². The molecule has 0 rings (SSSR count). The molecule has 2 unspecified atom stereocenters. The van der Waals surface area contributed by atoms with Crippen LogP contribution in [0, 0.1) is 0 Å². The predicted molar refractivity (Wildman–Crippen MR) is 125 cm³/mol. The fraction of sp³-hybridized carbons (Fsp3) is 0.957. The van der Waals surface area contributed by atoms with E-state index in [0.717, 1.165) is 12.8 Å². The summed E-state index contributed by atoms with van der Waals surface area (Å²) in [7, 11) is 1.35. The first-order valence-electron chi connectivity index (χ1n) is 12.3. The third-order valence-electron chi connectivity index (χ3n) is 4.88. The molecule has 0 bridgehead atoms. The summed E-state index contributed by atoms with van der Waals surface area (Å²) in [4.78, 5) is 23.8. The van der Waals surface area contributed by atoms with Crippen molar-refractivity contribution in [3.8, 4) is 0 Å². The topological polar surface area (TPSA) is 94.1 Å². The van der Waals surface area contributed by atoms with Crippen LogP contribution in [0.15, 0.2) is 0 Å². The third-order valence-corrected chi connectivity index (χ3v) is 5.84. The highest BCUT2D eigenvalue weighted by Crippen LogP contribution is 2.38. The van der Waals surface area contributed by atoms with Gasteiger partial charge >= 0.3 is 5.97 Å². The van der Waals surface area contributed by atoms with Crippen molar-refractivity contribution < 1.29 is 37.3 Å². The van der Waals surface area contributed by atoms with Gasteiger partial charge in [-0.15, -0.1) is 0 Å². The zero-order valence-corrected chi connectivity index (χ0v) is 22.0. The molecule has 0 aromatic carbocycles. The van der Waals surface area contributed by atoms with Crippen LogP contribution in [0.3, 0.4) is 0 Å². The molecule has 2 atom stereocenters. The van der Waals surface area contributed by atoms with Crippen LogP contribution in [0.2, 0.25) is 0 Å². The van der Waals surface area contributed by atoms with Crippen molar-refractivity contribution in [2.75, 3.05) is 54.1 Å². The van der Waals surface area contributed by atoms with Gasteiger partial charge < -0.3 is 27.9 Å². The lowest BCUT2D eigenvalue weighted by Gasteiger charge is -2.28. The quantitative estimate of drug-likeness (QED) is 0.0975. The molecule has 0 fully saturated rings. The van der Waals surface area contributed by atoms with Crippen LogP contribution in [0.4, 0.5) is 0 Å². The molecule has 0 heterocycles. The largest absolute Gasteiger partial charge is 0.756 e. The molecule has 0 saturated heterocycles. The van der Waals surface area contributed by atoms with E-state index >= 15 is 0 Å². The summed E-state index contributed by atoms with van der Waals surface area (Å²) in [5, 5.41) is 0. The van der Waals surface area contributed by atoms with Crippen molar-refractivity contribution in [3.63, 3.8) is 0 Å². The van der Waals surface area contributed by atoms with Gasteiger partial charge in [0.1, 0.15) is 19.3 Å². The number of esters is 1. The molecular weight excluding hydrogens is 433 g/mol. The van der Waals surface area contributed by atoms with Crippen LogP contribution in [0.5, 0.6) is 0 Å². The van der Waals surface area contributed by atoms with Crippen LogP contribution in [-0.4, -0.2) is 70.7 Å². The molecule has 0 amide bonds. The normalized spacial score (nSPS) is 14.8. The van der Waals surface area contributed by atoms with E-state index in [4.69, 9.17) is 18.5 Å². The van der Waals surface area contributed by atoms with E-state index in [1.807, 2.05) is 28.1 Å². The highest BCUT2D eigenvalue weighted by Gasteiger charge is 2.20. The molecular formula is C23H48NO7P. The van der Waals surface area contributed by atoms with Gasteiger partial charge in [0.2, 0.25) is 0 Å². The lowest BCUT2D eigenvalue weighted by atomic mass is 10.1. The Morgan fingerprint density at radius 3 is 2.00 bits per heavy atom. The Morgan fingerprint density at radius 2 is 1.44 bits per heavy atom. The van der Waals surface area contributed by atoms with Crippen molar-refractivity contribution in [3.05, 3.63) is 0 Å². The zero-order chi connectivity index (χ0) is 24.3. The number of phosphoric acid groups is 1. The van der Waals surface area contributed by atoms with Crippen molar-refractivity contribution >= 4 is 13.8 Å². The number of unbranched alkanes of at least 4 members (excludes halogenated alkanes) is 8. The maximum Gasteiger partial charge on any atom is 0.306 e. The molecule has 0 aliphatic rings. The maximum absolute atomic E-state index is 12.0. The second kappa shape index (κ2) is 18.9. The first kappa shape index (κ1) is 31.5. The fourth-order valence-corrected chi connectivity index (χ4v) is 3.66. The first-order chi connectivity index (χ1) is 15.1. The molecule has 0 aliphatic heterocycles. The van der Waals surface area contributed by atoms with E-state index < -0.39 is 13.9 Å². The Labute approximate surface area is 196 Å². The third kappa shape index (κ3) is 21.4. The average molecular weight is 482 g/mol. The smallest absolute Gasteiger partial charge is 0.306 e. The predicted octanol–water partition coefficient (Wildman–Crippen LogP) is 4.45. The van der Waals surface area contributed by atoms with Crippen molar-refractivity contribution in [1.29, 1.82) is 0 Å². The van der Waals surface area contributed by atoms with Gasteiger partial charge in [-0.3, -0.25) is 9.36 Å². The number of nitrogens with zero attached hydrogens (tertiary/aromatic N) is 1. The number of rotatable bonds is 22. The fourth-order valence-electron chi connectivity index (χ4n) is 2.93. The molecule has 32 heavy (non-hydrogen) atoms. The summed E-state index contributed by atoms with van der Waals surface area (Å²) in [6.07, 6.45) is 11.1. The monoisotopic (exact) mass is 481 g/mol. The van der Waals surface area contributed by atoms with Crippen molar-refractivity contribution in [2.45, 2.75) is 90.6 Å². The van der Waals surface area contributed by atoms with Crippen LogP contribution in [-0.2, 0) is 27.9 Å². The van der Waals surface area contributed by atoms with Gasteiger partial charge in [0.05, 0.1) is 34.4 Å². The van der Waals surface area contributed by atoms with Crippen molar-refractivity contribution in [2.24, 2.45) is 0 Å². The molecule has 192 valence electrons. The van der Waals surface area contributed by atoms with Gasteiger partial charge in [-0.05, 0) is 12.8 Å². The summed E-state index contributed by atoms with van der Waals surface area (Å²) in [5.41, 5.74) is 0. The molecule has 0 N–H and O–H groups in total. The van der Waals surface area contributed by atoms with Crippen molar-refractivity contribution in [1.82, 2.24) is 0 Å². The lowest BCUT2D eigenvalue weighted by molar-refractivity contribution is -0.870. The van der Waals surface area contributed by atoms with E-state index in [0.29, 0.717) is 24.1 Å². The van der Waals surface area contributed by atoms with E-state index in [1.54, 1.807) is 0 Å². The van der Waals surface area contributed by atoms with E-state index in [-0.39, 0.29) is 32.2 Å². The molecule has 0 aliphatic carbocycles. The van der Waals surface area contributed by atoms with E-state index in [2.05, 4.69) is 6.92 Å². The highest BCUT2D eigenvalue weighted by atomic mass is 31.2. The molecule has 0 radical (unpaired) electrons. The van der Waals surface area contributed by atoms with Crippen LogP contribution in [0.25, 0.3) is 0 Å². The number of phosphoric ester groups is 1. The van der Waals surface area contributed by atoms with Gasteiger partial charge in [0.25, 0.3) is 7.82 Å². The number of likely N-dealkylation sites (N-methyl/N-ethyl adjacent to an activating group) is 1. The Balaban J connectivity index is 4.18. The standard InChI is InChI=1S/C23H48NO7P/c1-6-8-9-10-11-12-13-14-15-18-28-20-22(31-23(25)16-7-2)21-30-32(26,27)29-19-17-24(3,4)5/h22H,6-21H2,1-5H3. The molecule has 9 heteroatoms. The van der Waals surface area contributed by atoms with E-state index in [9.17, 15) is 14.3 Å². The van der Waals surface area contributed by atoms with Crippen LogP contribution >= 0.6 is 7.82 Å². The van der Waals surface area contributed by atoms with Crippen LogP contribution < -0.4 is 4.89 Å². The van der Waals surface area contributed by atoms with Crippen LogP contribution in [0.1, 0.15) is 84.5 Å². The first-order valence-corrected chi connectivity index (χ1v) is 13.7. The Bertz CT molecular complexity index is 511. The van der Waals surface area contributed by atoms with Gasteiger partial charge in [-0.2, -0.15) is 0 Å². The van der Waals surface area contributed by atoms with Gasteiger partial charge in [0, 0.05) is 13.0 Å². The average Bonchev–Trinajstić information content (AvgIpc) is 2.69. The Kier molecular flexibility index (Phi) is 18.6. The number of quaternary nitrogens is 1. The van der Waals surface area contributed by atoms with Gasteiger partial charge in [0.15, 0.2) is 0 Å². The van der Waals surface area contributed by atoms with Gasteiger partial charge in [-0.1, -0.05) is 65.2 Å². The second-order valence-electron chi connectivity index (χ2n) is 9.36. The second-order valence-corrected chi connectivity index (χ2v) is 10.8. The lowest BCUT2D eigenvalue weighted by Crippen LogP contribution is -2.37. The molecule has 0 saturated carbocycles. The minimum atomic E-state index is -4.47. The summed E-state index contributed by atoms with van der Waals surface area (Å²) in [5.74, 6) is -0.389. The molecule has 0 aromatic rings. The number of hydrogen-bond acceptors (Lipinski definition) is 7. The minimum absolute atomic E-state index is 0.0275. The summed E-state index contributed by atoms with van der Waals surface area (Å²) < 4.78 is 33.4. The molecule has 0 spiro atoms. The Hall–Kier alpha value is -0.500. The molecule has 0 aromatic heterocycles. The molecule has 8 nitrogen and oxygen atoms in total. The number of ether oxygens (including phenoxy) is 2. The number of carbonyl (C=O) groups is 1. The minimum Gasteiger partial charge on any atom is -0.756 e. The number of hydrogen-bond donors (Lipinski definition) is 0. The Morgan fingerprint density at radius 1 is 0.844 bits per heavy atom. The summed E-state index contributed by atoms with van der Waals surface area (Å²) >= 11 is 0. The zero-order valence-electron chi connectivity index (χ0n) is 21.1. The number of carbonyl (C=O) groups excluding carboxylic acids is 1.